The molecule has 0 aromatic carbocycles. The Hall–Kier alpha value is -2.11. The third-order valence-corrected chi connectivity index (χ3v) is 3.12. The summed E-state index contributed by atoms with van der Waals surface area (Å²) in [6.07, 6.45) is 2.74. The first-order chi connectivity index (χ1) is 8.61. The molecule has 0 atom stereocenters. The van der Waals surface area contributed by atoms with Crippen molar-refractivity contribution >= 4 is 11.6 Å². The molecule has 0 radical (unpaired) electrons. The van der Waals surface area contributed by atoms with Crippen LogP contribution in [0.15, 0.2) is 28.3 Å². The van der Waals surface area contributed by atoms with Crippen molar-refractivity contribution < 1.29 is 10.0 Å². The predicted octanol–water partition coefficient (Wildman–Crippen LogP) is 0.452. The maximum atomic E-state index is 12.1. The summed E-state index contributed by atoms with van der Waals surface area (Å²) in [6.45, 7) is 1.04. The van der Waals surface area contributed by atoms with E-state index in [4.69, 9.17) is 5.21 Å². The van der Waals surface area contributed by atoms with Gasteiger partial charge >= 0.3 is 0 Å². The van der Waals surface area contributed by atoms with E-state index in [2.05, 4.69) is 5.16 Å². The van der Waals surface area contributed by atoms with Gasteiger partial charge in [-0.1, -0.05) is 5.16 Å². The molecule has 2 rings (SSSR count). The molecule has 1 aromatic heterocycles. The van der Waals surface area contributed by atoms with Crippen LogP contribution in [0, 0.1) is 0 Å². The number of aromatic nitrogens is 1. The highest BCUT2D eigenvalue weighted by Crippen LogP contribution is 2.11. The Morgan fingerprint density at radius 2 is 2.06 bits per heavy atom. The van der Waals surface area contributed by atoms with Crippen LogP contribution in [0.5, 0.6) is 0 Å². The second kappa shape index (κ2) is 5.03. The number of carbonyl (C=O) groups is 1. The predicted molar refractivity (Wildman–Crippen MR) is 66.0 cm³/mol. The lowest BCUT2D eigenvalue weighted by atomic mass is 10.1. The van der Waals surface area contributed by atoms with Gasteiger partial charge in [0.25, 0.3) is 11.5 Å². The SMILES string of the molecule is Cn1ccc(C(=O)N2CCC(=NO)CC2)cc1=O. The third-order valence-electron chi connectivity index (χ3n) is 3.12. The molecule has 1 amide bonds. The molecule has 1 aromatic rings. The maximum Gasteiger partial charge on any atom is 0.254 e. The minimum atomic E-state index is -0.199. The van der Waals surface area contributed by atoms with Crippen LogP contribution in [0.25, 0.3) is 0 Å². The van der Waals surface area contributed by atoms with Gasteiger partial charge in [-0.3, -0.25) is 9.59 Å². The van der Waals surface area contributed by atoms with E-state index in [0.29, 0.717) is 37.2 Å². The molecular weight excluding hydrogens is 234 g/mol. The van der Waals surface area contributed by atoms with Gasteiger partial charge in [0.15, 0.2) is 0 Å². The average molecular weight is 249 g/mol. The topological polar surface area (TPSA) is 74.9 Å². The number of hydrogen-bond acceptors (Lipinski definition) is 4. The second-order valence-corrected chi connectivity index (χ2v) is 4.32. The standard InChI is InChI=1S/C12H15N3O3/c1-14-5-2-9(8-11(14)16)12(17)15-6-3-10(13-18)4-7-15/h2,5,8,18H,3-4,6-7H2,1H3. The van der Waals surface area contributed by atoms with E-state index in [1.807, 2.05) is 0 Å². The van der Waals surface area contributed by atoms with E-state index in [0.717, 1.165) is 0 Å². The number of pyridine rings is 1. The van der Waals surface area contributed by atoms with E-state index < -0.39 is 0 Å². The van der Waals surface area contributed by atoms with Crippen molar-refractivity contribution in [2.45, 2.75) is 12.8 Å². The number of amides is 1. The number of rotatable bonds is 1. The number of aryl methyl sites for hydroxylation is 1. The van der Waals surface area contributed by atoms with E-state index in [9.17, 15) is 9.59 Å². The van der Waals surface area contributed by atoms with Crippen molar-refractivity contribution in [1.82, 2.24) is 9.47 Å². The second-order valence-electron chi connectivity index (χ2n) is 4.32. The minimum absolute atomic E-state index is 0.148. The monoisotopic (exact) mass is 249 g/mol. The van der Waals surface area contributed by atoms with Gasteiger partial charge < -0.3 is 14.7 Å². The Bertz CT molecular complexity index is 538. The van der Waals surface area contributed by atoms with E-state index in [-0.39, 0.29) is 11.5 Å². The molecule has 6 heteroatoms. The van der Waals surface area contributed by atoms with Gasteiger partial charge in [0.2, 0.25) is 0 Å². The molecular formula is C12H15N3O3. The fourth-order valence-corrected chi connectivity index (χ4v) is 1.93. The highest BCUT2D eigenvalue weighted by Gasteiger charge is 2.21. The minimum Gasteiger partial charge on any atom is -0.411 e. The van der Waals surface area contributed by atoms with Crippen molar-refractivity contribution in [3.8, 4) is 0 Å². The molecule has 0 bridgehead atoms. The molecule has 1 fully saturated rings. The van der Waals surface area contributed by atoms with E-state index in [1.165, 1.54) is 10.6 Å². The zero-order chi connectivity index (χ0) is 13.1. The van der Waals surface area contributed by atoms with Crippen LogP contribution < -0.4 is 5.56 Å². The van der Waals surface area contributed by atoms with Crippen LogP contribution >= 0.6 is 0 Å². The van der Waals surface area contributed by atoms with Gasteiger partial charge in [-0.05, 0) is 6.07 Å². The van der Waals surface area contributed by atoms with Crippen LogP contribution in [0.4, 0.5) is 0 Å². The maximum absolute atomic E-state index is 12.1. The summed E-state index contributed by atoms with van der Waals surface area (Å²) in [5.74, 6) is -0.148. The molecule has 18 heavy (non-hydrogen) atoms. The lowest BCUT2D eigenvalue weighted by Gasteiger charge is -2.27. The molecule has 0 saturated carbocycles. The first-order valence-electron chi connectivity index (χ1n) is 5.77. The Labute approximate surface area is 104 Å². The van der Waals surface area contributed by atoms with Gasteiger partial charge in [0.05, 0.1) is 5.71 Å². The van der Waals surface area contributed by atoms with Crippen molar-refractivity contribution in [2.24, 2.45) is 12.2 Å². The van der Waals surface area contributed by atoms with E-state index >= 15 is 0 Å². The lowest BCUT2D eigenvalue weighted by Crippen LogP contribution is -2.39. The smallest absolute Gasteiger partial charge is 0.254 e. The van der Waals surface area contributed by atoms with Crippen LogP contribution in [0.2, 0.25) is 0 Å². The summed E-state index contributed by atoms with van der Waals surface area (Å²) in [6, 6.07) is 2.98. The number of hydrogen-bond donors (Lipinski definition) is 1. The van der Waals surface area contributed by atoms with Crippen molar-refractivity contribution in [3.63, 3.8) is 0 Å². The molecule has 0 spiro atoms. The Morgan fingerprint density at radius 1 is 1.39 bits per heavy atom. The van der Waals surface area contributed by atoms with Crippen LogP contribution in [0.3, 0.4) is 0 Å². The Morgan fingerprint density at radius 3 is 2.61 bits per heavy atom. The van der Waals surface area contributed by atoms with E-state index in [1.54, 1.807) is 24.2 Å². The number of piperidine rings is 1. The van der Waals surface area contributed by atoms with Gasteiger partial charge in [0.1, 0.15) is 0 Å². The summed E-state index contributed by atoms with van der Waals surface area (Å²) in [5, 5.41) is 11.8. The highest BCUT2D eigenvalue weighted by atomic mass is 16.4. The molecule has 6 nitrogen and oxygen atoms in total. The first kappa shape index (κ1) is 12.3. The zero-order valence-electron chi connectivity index (χ0n) is 10.2. The number of likely N-dealkylation sites (tertiary alicyclic amines) is 1. The van der Waals surface area contributed by atoms with Crippen molar-refractivity contribution in [3.05, 3.63) is 34.2 Å². The summed E-state index contributed by atoms with van der Waals surface area (Å²) >= 11 is 0. The third kappa shape index (κ3) is 2.42. The molecule has 0 aliphatic carbocycles. The number of carbonyl (C=O) groups excluding carboxylic acids is 1. The van der Waals surface area contributed by atoms with Crippen molar-refractivity contribution in [1.29, 1.82) is 0 Å². The van der Waals surface area contributed by atoms with Gasteiger partial charge in [0, 0.05) is 50.8 Å². The fourth-order valence-electron chi connectivity index (χ4n) is 1.93. The summed E-state index contributed by atoms with van der Waals surface area (Å²) in [5.41, 5.74) is 0.918. The largest absolute Gasteiger partial charge is 0.411 e. The number of nitrogens with zero attached hydrogens (tertiary/aromatic N) is 3. The van der Waals surface area contributed by atoms with Crippen LogP contribution in [0.1, 0.15) is 23.2 Å². The molecule has 1 aliphatic rings. The fraction of sp³-hybridized carbons (Fsp3) is 0.417. The normalized spacial score (nSPS) is 15.6. The van der Waals surface area contributed by atoms with Gasteiger partial charge in [-0.2, -0.15) is 0 Å². The zero-order valence-corrected chi connectivity index (χ0v) is 10.2. The Balaban J connectivity index is 2.12. The molecule has 1 N–H and O–H groups in total. The highest BCUT2D eigenvalue weighted by molar-refractivity contribution is 5.95. The van der Waals surface area contributed by atoms with Crippen LogP contribution in [-0.4, -0.2) is 39.4 Å². The molecule has 0 unspecified atom stereocenters. The van der Waals surface area contributed by atoms with Crippen LogP contribution in [-0.2, 0) is 7.05 Å². The van der Waals surface area contributed by atoms with Crippen molar-refractivity contribution in [2.75, 3.05) is 13.1 Å². The number of oxime groups is 1. The average Bonchev–Trinajstić information content (AvgIpc) is 2.41. The first-order valence-corrected chi connectivity index (χ1v) is 5.77. The lowest BCUT2D eigenvalue weighted by molar-refractivity contribution is 0.0753. The molecule has 1 aliphatic heterocycles. The molecule has 1 saturated heterocycles. The van der Waals surface area contributed by atoms with Gasteiger partial charge in [-0.15, -0.1) is 0 Å². The summed E-state index contributed by atoms with van der Waals surface area (Å²) in [4.78, 5) is 25.3. The Kier molecular flexibility index (Phi) is 3.45. The summed E-state index contributed by atoms with van der Waals surface area (Å²) < 4.78 is 1.42. The quantitative estimate of drug-likeness (QED) is 0.580. The van der Waals surface area contributed by atoms with Gasteiger partial charge in [-0.25, -0.2) is 0 Å². The summed E-state index contributed by atoms with van der Waals surface area (Å²) in [7, 11) is 1.64. The molecule has 2 heterocycles. The molecule has 96 valence electrons.